The molecule has 0 amide bonds. The predicted octanol–water partition coefficient (Wildman–Crippen LogP) is 34.9. The number of rotatable bonds is 9. The van der Waals surface area contributed by atoms with Gasteiger partial charge in [0.1, 0.15) is 11.2 Å². The van der Waals surface area contributed by atoms with Crippen LogP contribution in [0, 0.1) is 0 Å². The summed E-state index contributed by atoms with van der Waals surface area (Å²) < 4.78 is 9.11. The standard InChI is InChI=1S/C120H66OS/c1-4-24-68(25-5-1)75-30-10-15-37-86(75)113-102-66-100-81-34-14-12-32-79(81)88-41-23-43-91(112(88)100)115(102)116(120-95-59-57-76(84-39-21-45-93(110(84)95)119(113)120)73-53-60-104-97(63-73)82-35-16-18-46-103(82)121-104)89-55-52-72(62-96(89)69-26-6-2-7-27-69)67-48-50-71(51-49-67)107-101-65-99-80-33-13-11-31-78(80)87-40-22-42-90(111(87)99)114(101)108(70-28-8-3-9-29-70)118-94-58-56-77(85-38-20-44-92(109(85)94)117(107)118)74-54-61-106-98(64-74)83-36-17-19-47-105(83)122-106/h1-66H. The van der Waals surface area contributed by atoms with Crippen LogP contribution in [0.5, 0.6) is 0 Å². The van der Waals surface area contributed by atoms with Gasteiger partial charge in [-0.1, -0.05) is 346 Å². The largest absolute Gasteiger partial charge is 0.456 e. The van der Waals surface area contributed by atoms with Crippen molar-refractivity contribution in [3.05, 3.63) is 400 Å². The lowest BCUT2D eigenvalue weighted by Gasteiger charge is -2.22. The summed E-state index contributed by atoms with van der Waals surface area (Å²) in [5.41, 5.74) is 23.4. The van der Waals surface area contributed by atoms with Crippen LogP contribution >= 0.6 is 11.3 Å². The molecule has 26 aromatic carbocycles. The Bertz CT molecular complexity index is 9350. The van der Waals surface area contributed by atoms with Crippen molar-refractivity contribution in [1.29, 1.82) is 0 Å². The fourth-order valence-electron chi connectivity index (χ4n) is 22.7. The van der Waals surface area contributed by atoms with E-state index in [2.05, 4.69) is 400 Å². The van der Waals surface area contributed by atoms with Crippen LogP contribution in [-0.2, 0) is 0 Å². The Kier molecular flexibility index (Phi) is 13.6. The number of para-hydroxylation sites is 1. The molecule has 0 N–H and O–H groups in total. The zero-order valence-corrected chi connectivity index (χ0v) is 66.7. The summed E-state index contributed by atoms with van der Waals surface area (Å²) in [5, 5.41) is 40.4. The molecule has 0 fully saturated rings. The van der Waals surface area contributed by atoms with Gasteiger partial charge in [0, 0.05) is 30.9 Å². The van der Waals surface area contributed by atoms with E-state index in [9.17, 15) is 0 Å². The van der Waals surface area contributed by atoms with Crippen molar-refractivity contribution in [3.8, 4) is 100 Å². The summed E-state index contributed by atoms with van der Waals surface area (Å²) in [4.78, 5) is 0. The Balaban J connectivity index is 0.716. The normalized spacial score (nSPS) is 12.4. The molecule has 0 bridgehead atoms. The molecule has 0 aliphatic heterocycles. The van der Waals surface area contributed by atoms with Crippen molar-refractivity contribution < 1.29 is 4.42 Å². The van der Waals surface area contributed by atoms with E-state index >= 15 is 0 Å². The first kappa shape index (κ1) is 66.4. The van der Waals surface area contributed by atoms with E-state index < -0.39 is 0 Å². The minimum absolute atomic E-state index is 0.890. The fraction of sp³-hybridized carbons (Fsp3) is 0. The van der Waals surface area contributed by atoms with Gasteiger partial charge in [-0.25, -0.2) is 0 Å². The molecule has 0 radical (unpaired) electrons. The second-order valence-electron chi connectivity index (χ2n) is 33.6. The van der Waals surface area contributed by atoms with Gasteiger partial charge in [-0.15, -0.1) is 11.3 Å². The van der Waals surface area contributed by atoms with E-state index in [1.807, 2.05) is 11.3 Å². The molecule has 2 heterocycles. The molecule has 28 aromatic rings. The predicted molar refractivity (Wildman–Crippen MR) is 525 cm³/mol. The zero-order chi connectivity index (χ0) is 79.3. The van der Waals surface area contributed by atoms with Gasteiger partial charge in [-0.2, -0.15) is 0 Å². The number of hydrogen-bond acceptors (Lipinski definition) is 2. The number of furan rings is 1. The number of thiophene rings is 1. The summed E-state index contributed by atoms with van der Waals surface area (Å²) in [6, 6.07) is 153. The smallest absolute Gasteiger partial charge is 0.135 e. The van der Waals surface area contributed by atoms with Crippen molar-refractivity contribution in [2.75, 3.05) is 0 Å². The molecule has 0 aliphatic carbocycles. The topological polar surface area (TPSA) is 13.1 Å². The second-order valence-corrected chi connectivity index (χ2v) is 34.7. The number of hydrogen-bond donors (Lipinski definition) is 0. The van der Waals surface area contributed by atoms with Crippen molar-refractivity contribution in [2.45, 2.75) is 0 Å². The highest BCUT2D eigenvalue weighted by molar-refractivity contribution is 7.25. The molecular formula is C120H66OS. The van der Waals surface area contributed by atoms with E-state index in [-0.39, 0.29) is 0 Å². The zero-order valence-electron chi connectivity index (χ0n) is 65.9. The Hall–Kier alpha value is -15.6. The minimum Gasteiger partial charge on any atom is -0.456 e. The van der Waals surface area contributed by atoms with Gasteiger partial charge in [0.25, 0.3) is 0 Å². The molecule has 0 saturated heterocycles. The highest BCUT2D eigenvalue weighted by Gasteiger charge is 2.32. The van der Waals surface area contributed by atoms with E-state index in [1.54, 1.807) is 0 Å². The van der Waals surface area contributed by atoms with Crippen LogP contribution in [0.25, 0.3) is 293 Å². The molecule has 2 heteroatoms. The van der Waals surface area contributed by atoms with E-state index in [4.69, 9.17) is 4.42 Å². The maximum atomic E-state index is 6.49. The van der Waals surface area contributed by atoms with E-state index in [0.717, 1.165) is 44.2 Å². The van der Waals surface area contributed by atoms with E-state index in [1.165, 1.54) is 249 Å². The maximum absolute atomic E-state index is 6.49. The van der Waals surface area contributed by atoms with Crippen LogP contribution < -0.4 is 0 Å². The molecule has 28 rings (SSSR count). The minimum atomic E-state index is 0.890. The molecule has 0 unspecified atom stereocenters. The van der Waals surface area contributed by atoms with Gasteiger partial charge >= 0.3 is 0 Å². The summed E-state index contributed by atoms with van der Waals surface area (Å²) >= 11 is 1.88. The van der Waals surface area contributed by atoms with Gasteiger partial charge < -0.3 is 4.42 Å². The molecule has 1 nitrogen and oxygen atoms in total. The van der Waals surface area contributed by atoms with Gasteiger partial charge in [0.2, 0.25) is 0 Å². The second kappa shape index (κ2) is 25.0. The van der Waals surface area contributed by atoms with Crippen LogP contribution in [0.3, 0.4) is 0 Å². The first-order valence-electron chi connectivity index (χ1n) is 42.4. The molecule has 0 aliphatic rings. The lowest BCUT2D eigenvalue weighted by atomic mass is 9.80. The van der Waals surface area contributed by atoms with Crippen molar-refractivity contribution in [3.63, 3.8) is 0 Å². The van der Waals surface area contributed by atoms with Gasteiger partial charge in [-0.05, 0) is 306 Å². The van der Waals surface area contributed by atoms with Gasteiger partial charge in [-0.3, -0.25) is 0 Å². The highest BCUT2D eigenvalue weighted by atomic mass is 32.1. The fourth-order valence-corrected chi connectivity index (χ4v) is 23.7. The SMILES string of the molecule is c1ccc(-c2ccccc2-c2c3cc4c5ccccc5c5cccc(c3c(-c3ccc(-c6ccc(-c7c8cc9c%10ccccc%10c%10cccc(c8c(-c8ccccc8)c8c%11ccc(-c%12ccc%13sc%14ccccc%14c%13c%12)c%12cccc(c78)c%12%11)c%109)cc6)cc3-c3ccccc3)c3c6ccc(-c7ccc8oc9ccccc9c8c7)c7cccc(c23)c76)c54)cc1. The molecule has 558 valence electrons. The highest BCUT2D eigenvalue weighted by Crippen LogP contribution is 2.60. The third kappa shape index (κ3) is 9.10. The lowest BCUT2D eigenvalue weighted by molar-refractivity contribution is 0.669. The number of fused-ring (bicyclic) bond motifs is 22. The average molecular weight is 1560 g/mol. The van der Waals surface area contributed by atoms with Crippen LogP contribution in [0.4, 0.5) is 0 Å². The van der Waals surface area contributed by atoms with Crippen LogP contribution in [0.1, 0.15) is 0 Å². The summed E-state index contributed by atoms with van der Waals surface area (Å²) in [6.45, 7) is 0. The van der Waals surface area contributed by atoms with Crippen LogP contribution in [0.15, 0.2) is 405 Å². The molecule has 2 aromatic heterocycles. The van der Waals surface area contributed by atoms with Gasteiger partial charge in [0.15, 0.2) is 0 Å². The first-order chi connectivity index (χ1) is 60.6. The summed E-state index contributed by atoms with van der Waals surface area (Å²) in [7, 11) is 0. The van der Waals surface area contributed by atoms with Crippen LogP contribution in [0.2, 0.25) is 0 Å². The van der Waals surface area contributed by atoms with Crippen LogP contribution in [-0.4, -0.2) is 0 Å². The van der Waals surface area contributed by atoms with Crippen molar-refractivity contribution in [2.24, 2.45) is 0 Å². The third-order valence-corrected chi connectivity index (χ3v) is 28.8. The third-order valence-electron chi connectivity index (χ3n) is 27.6. The Labute approximate surface area is 704 Å². The first-order valence-corrected chi connectivity index (χ1v) is 43.2. The Morgan fingerprint density at radius 1 is 0.131 bits per heavy atom. The maximum Gasteiger partial charge on any atom is 0.135 e. The Morgan fingerprint density at radius 2 is 0.508 bits per heavy atom. The average Bonchev–Trinajstić information content (AvgIpc) is 1.50. The molecule has 0 atom stereocenters. The molecule has 0 spiro atoms. The molecule has 122 heavy (non-hydrogen) atoms. The molecular weight excluding hydrogens is 1490 g/mol. The monoisotopic (exact) mass is 1550 g/mol. The quantitative estimate of drug-likeness (QED) is 0.131. The number of benzene rings is 22. The van der Waals surface area contributed by atoms with Crippen molar-refractivity contribution in [1.82, 2.24) is 0 Å². The summed E-state index contributed by atoms with van der Waals surface area (Å²) in [6.07, 6.45) is 0. The van der Waals surface area contributed by atoms with Crippen molar-refractivity contribution >= 4 is 204 Å². The van der Waals surface area contributed by atoms with E-state index in [0.29, 0.717) is 0 Å². The molecule has 0 saturated carbocycles. The van der Waals surface area contributed by atoms with Gasteiger partial charge in [0.05, 0.1) is 0 Å². The Morgan fingerprint density at radius 3 is 1.14 bits per heavy atom. The lowest BCUT2D eigenvalue weighted by Crippen LogP contribution is -1.95. The summed E-state index contributed by atoms with van der Waals surface area (Å²) in [5.74, 6) is 0.